The zero-order valence-electron chi connectivity index (χ0n) is 26.8. The molecule has 0 unspecified atom stereocenters. The summed E-state index contributed by atoms with van der Waals surface area (Å²) >= 11 is 0. The lowest BCUT2D eigenvalue weighted by atomic mass is 10.0. The molecule has 1 heterocycles. The van der Waals surface area contributed by atoms with Gasteiger partial charge in [0.1, 0.15) is 11.9 Å². The van der Waals surface area contributed by atoms with Crippen molar-refractivity contribution < 1.29 is 19.4 Å². The molecule has 0 saturated carbocycles. The van der Waals surface area contributed by atoms with Gasteiger partial charge >= 0.3 is 0 Å². The summed E-state index contributed by atoms with van der Waals surface area (Å²) in [4.78, 5) is 32.2. The zero-order chi connectivity index (χ0) is 31.6. The minimum absolute atomic E-state index is 0.0119. The number of carbonyl (C=O) groups excluding carboxylic acids is 2. The fourth-order valence-corrected chi connectivity index (χ4v) is 5.62. The lowest BCUT2D eigenvalue weighted by molar-refractivity contribution is -0.134. The lowest BCUT2D eigenvalue weighted by Gasteiger charge is -2.34. The number of aliphatic hydroxyl groups excluding tert-OH is 1. The average molecular weight is 601 g/mol. The van der Waals surface area contributed by atoms with Gasteiger partial charge in [0.05, 0.1) is 19.1 Å². The second-order valence-electron chi connectivity index (χ2n) is 12.4. The van der Waals surface area contributed by atoms with Gasteiger partial charge in [-0.2, -0.15) is 0 Å². The highest BCUT2D eigenvalue weighted by Crippen LogP contribution is 2.29. The van der Waals surface area contributed by atoms with Gasteiger partial charge in [0.2, 0.25) is 11.8 Å². The second-order valence-corrected chi connectivity index (χ2v) is 12.4. The molecule has 0 saturated heterocycles. The summed E-state index contributed by atoms with van der Waals surface area (Å²) in [7, 11) is 6.06. The van der Waals surface area contributed by atoms with Gasteiger partial charge in [0, 0.05) is 43.2 Å². The zero-order valence-corrected chi connectivity index (χ0v) is 26.8. The van der Waals surface area contributed by atoms with Crippen LogP contribution in [0.25, 0.3) is 11.1 Å². The number of amides is 2. The number of rotatable bonds is 12. The number of anilines is 1. The Hall–Kier alpha value is -3.72. The molecule has 2 N–H and O–H groups in total. The molecule has 3 atom stereocenters. The molecule has 3 aromatic carbocycles. The predicted molar refractivity (Wildman–Crippen MR) is 177 cm³/mol. The summed E-state index contributed by atoms with van der Waals surface area (Å²) in [6.45, 7) is 6.59. The molecule has 0 aliphatic carbocycles. The summed E-state index contributed by atoms with van der Waals surface area (Å²) in [5, 5.41) is 12.9. The van der Waals surface area contributed by atoms with Crippen LogP contribution in [0.4, 0.5) is 5.69 Å². The Morgan fingerprint density at radius 2 is 1.75 bits per heavy atom. The van der Waals surface area contributed by atoms with Crippen LogP contribution < -0.4 is 10.1 Å². The van der Waals surface area contributed by atoms with Crippen molar-refractivity contribution in [3.63, 3.8) is 0 Å². The summed E-state index contributed by atoms with van der Waals surface area (Å²) < 4.78 is 6.67. The predicted octanol–water partition coefficient (Wildman–Crippen LogP) is 4.91. The Balaban J connectivity index is 1.50. The molecular weight excluding hydrogens is 552 g/mol. The highest BCUT2D eigenvalue weighted by Gasteiger charge is 2.31. The molecular formula is C36H48N4O4. The highest BCUT2D eigenvalue weighted by molar-refractivity contribution is 5.91. The number of hydrogen-bond acceptors (Lipinski definition) is 6. The van der Waals surface area contributed by atoms with Crippen LogP contribution in [0.15, 0.2) is 72.8 Å². The second kappa shape index (κ2) is 15.8. The Morgan fingerprint density at radius 1 is 1.05 bits per heavy atom. The van der Waals surface area contributed by atoms with E-state index in [0.29, 0.717) is 30.9 Å². The minimum atomic E-state index is -0.312. The van der Waals surface area contributed by atoms with E-state index in [4.69, 9.17) is 4.74 Å². The minimum Gasteiger partial charge on any atom is -0.488 e. The van der Waals surface area contributed by atoms with Crippen LogP contribution in [-0.2, 0) is 22.6 Å². The third-order valence-electron chi connectivity index (χ3n) is 8.21. The van der Waals surface area contributed by atoms with Gasteiger partial charge < -0.3 is 25.0 Å². The van der Waals surface area contributed by atoms with Gasteiger partial charge in [-0.15, -0.1) is 0 Å². The summed E-state index contributed by atoms with van der Waals surface area (Å²) in [5.41, 5.74) is 4.97. The van der Waals surface area contributed by atoms with Crippen molar-refractivity contribution in [1.29, 1.82) is 0 Å². The van der Waals surface area contributed by atoms with Crippen molar-refractivity contribution in [2.24, 2.45) is 5.92 Å². The van der Waals surface area contributed by atoms with Crippen molar-refractivity contribution in [2.75, 3.05) is 52.7 Å². The van der Waals surface area contributed by atoms with Crippen LogP contribution >= 0.6 is 0 Å². The molecule has 0 spiro atoms. The normalized spacial score (nSPS) is 17.8. The molecule has 4 rings (SSSR count). The van der Waals surface area contributed by atoms with Crippen LogP contribution in [-0.4, -0.2) is 91.2 Å². The molecule has 0 aromatic heterocycles. The number of benzene rings is 3. The van der Waals surface area contributed by atoms with Gasteiger partial charge in [-0.1, -0.05) is 61.5 Å². The van der Waals surface area contributed by atoms with Crippen LogP contribution in [0.2, 0.25) is 0 Å². The maximum atomic E-state index is 13.5. The number of fused-ring (bicyclic) bond motifs is 1. The molecule has 1 aliphatic rings. The van der Waals surface area contributed by atoms with Crippen LogP contribution in [0.1, 0.15) is 37.8 Å². The smallest absolute Gasteiger partial charge is 0.227 e. The first-order valence-electron chi connectivity index (χ1n) is 15.6. The summed E-state index contributed by atoms with van der Waals surface area (Å²) in [6, 6.07) is 24.3. The van der Waals surface area contributed by atoms with Gasteiger partial charge in [-0.25, -0.2) is 0 Å². The number of hydrogen-bond donors (Lipinski definition) is 2. The van der Waals surface area contributed by atoms with Crippen molar-refractivity contribution >= 4 is 17.5 Å². The van der Waals surface area contributed by atoms with E-state index in [-0.39, 0.29) is 42.9 Å². The topological polar surface area (TPSA) is 85.3 Å². The van der Waals surface area contributed by atoms with E-state index >= 15 is 0 Å². The fraction of sp³-hybridized carbons (Fsp3) is 0.444. The number of carbonyl (C=O) groups is 2. The standard InChI is InChI=1S/C36H48N4O4/c1-26-22-40(27(2)25-41)36(43)21-31-20-32(37-35(42)12-9-19-38(3)4)17-18-33(31)44-34(26)24-39(5)23-28-13-15-30(16-14-28)29-10-7-6-8-11-29/h6-8,10-11,13-18,20,26-27,34,41H,9,12,19,21-25H2,1-5H3,(H,37,42)/t26-,27-,34+/m1/s1. The Morgan fingerprint density at radius 3 is 2.43 bits per heavy atom. The number of likely N-dealkylation sites (N-methyl/N-ethyl adjacent to an activating group) is 1. The van der Waals surface area contributed by atoms with Gasteiger partial charge in [-0.3, -0.25) is 14.5 Å². The first-order chi connectivity index (χ1) is 21.1. The van der Waals surface area contributed by atoms with Crippen molar-refractivity contribution in [2.45, 2.75) is 51.8 Å². The van der Waals surface area contributed by atoms with E-state index in [1.807, 2.05) is 57.4 Å². The molecule has 44 heavy (non-hydrogen) atoms. The molecule has 1 aliphatic heterocycles. The maximum Gasteiger partial charge on any atom is 0.227 e. The maximum absolute atomic E-state index is 13.5. The van der Waals surface area contributed by atoms with E-state index in [9.17, 15) is 14.7 Å². The summed E-state index contributed by atoms with van der Waals surface area (Å²) in [6.07, 6.45) is 1.12. The van der Waals surface area contributed by atoms with Crippen molar-refractivity contribution in [3.8, 4) is 16.9 Å². The number of ether oxygens (including phenoxy) is 1. The third-order valence-corrected chi connectivity index (χ3v) is 8.21. The highest BCUT2D eigenvalue weighted by atomic mass is 16.5. The molecule has 0 radical (unpaired) electrons. The first-order valence-corrected chi connectivity index (χ1v) is 15.6. The van der Waals surface area contributed by atoms with E-state index in [1.54, 1.807) is 4.90 Å². The SMILES string of the molecule is C[C@@H]1CN([C@H](C)CO)C(=O)Cc2cc(NC(=O)CCCN(C)C)ccc2O[C@H]1CN(C)Cc1ccc(-c2ccccc2)cc1. The largest absolute Gasteiger partial charge is 0.488 e. The first kappa shape index (κ1) is 33.2. The Bertz CT molecular complexity index is 1360. The molecule has 0 fully saturated rings. The van der Waals surface area contributed by atoms with Crippen molar-refractivity contribution in [1.82, 2.24) is 14.7 Å². The van der Waals surface area contributed by atoms with E-state index in [0.717, 1.165) is 25.1 Å². The van der Waals surface area contributed by atoms with Crippen LogP contribution in [0.3, 0.4) is 0 Å². The van der Waals surface area contributed by atoms with Gasteiger partial charge in [-0.05, 0) is 75.9 Å². The Kier molecular flexibility index (Phi) is 11.9. The van der Waals surface area contributed by atoms with E-state index in [2.05, 4.69) is 65.5 Å². The number of aliphatic hydroxyl groups is 1. The summed E-state index contributed by atoms with van der Waals surface area (Å²) in [5.74, 6) is 0.547. The van der Waals surface area contributed by atoms with E-state index in [1.165, 1.54) is 16.7 Å². The lowest BCUT2D eigenvalue weighted by Crippen LogP contribution is -2.47. The van der Waals surface area contributed by atoms with Crippen molar-refractivity contribution in [3.05, 3.63) is 83.9 Å². The fourth-order valence-electron chi connectivity index (χ4n) is 5.62. The Labute approximate surface area is 262 Å². The molecule has 2 amide bonds. The van der Waals surface area contributed by atoms with Gasteiger partial charge in [0.25, 0.3) is 0 Å². The molecule has 3 aromatic rings. The molecule has 8 heteroatoms. The molecule has 236 valence electrons. The molecule has 0 bridgehead atoms. The number of nitrogens with zero attached hydrogens (tertiary/aromatic N) is 3. The molecule has 8 nitrogen and oxygen atoms in total. The van der Waals surface area contributed by atoms with Crippen LogP contribution in [0, 0.1) is 5.92 Å². The monoisotopic (exact) mass is 600 g/mol. The van der Waals surface area contributed by atoms with Crippen LogP contribution in [0.5, 0.6) is 5.75 Å². The third kappa shape index (κ3) is 9.39. The number of nitrogens with one attached hydrogen (secondary N) is 1. The quantitative estimate of drug-likeness (QED) is 0.307. The average Bonchev–Trinajstić information content (AvgIpc) is 3.04. The van der Waals surface area contributed by atoms with E-state index < -0.39 is 0 Å². The van der Waals surface area contributed by atoms with Gasteiger partial charge in [0.15, 0.2) is 0 Å².